The zero-order valence-corrected chi connectivity index (χ0v) is 19.0. The van der Waals surface area contributed by atoms with Crippen molar-refractivity contribution in [2.24, 2.45) is 10.9 Å². The molecular weight excluding hydrogens is 461 g/mol. The highest BCUT2D eigenvalue weighted by Gasteiger charge is 2.25. The van der Waals surface area contributed by atoms with Crippen LogP contribution in [0.1, 0.15) is 12.0 Å². The standard InChI is InChI=1S/C19H31N3O4.HI/c1-20-19(22-9-8-15(13-22)14-26-11-10-23-2)21-12-16-6-5-7-17(24-3)18(16)25-4;/h5-7,15H,8-14H2,1-4H3,(H,20,21);1H. The minimum absolute atomic E-state index is 0. The Labute approximate surface area is 179 Å². The van der Waals surface area contributed by atoms with Gasteiger partial charge in [-0.3, -0.25) is 4.99 Å². The number of hydrogen-bond acceptors (Lipinski definition) is 5. The average molecular weight is 493 g/mol. The van der Waals surface area contributed by atoms with Crippen molar-refractivity contribution in [3.63, 3.8) is 0 Å². The molecule has 0 bridgehead atoms. The topological polar surface area (TPSA) is 64.6 Å². The third-order valence-electron chi connectivity index (χ3n) is 4.50. The smallest absolute Gasteiger partial charge is 0.193 e. The van der Waals surface area contributed by atoms with Crippen LogP contribution in [-0.4, -0.2) is 72.1 Å². The number of aliphatic imine (C=N–C) groups is 1. The molecule has 0 amide bonds. The molecule has 8 heteroatoms. The van der Waals surface area contributed by atoms with E-state index in [0.29, 0.717) is 25.7 Å². The summed E-state index contributed by atoms with van der Waals surface area (Å²) >= 11 is 0. The summed E-state index contributed by atoms with van der Waals surface area (Å²) in [6.07, 6.45) is 1.11. The lowest BCUT2D eigenvalue weighted by Gasteiger charge is -2.22. The van der Waals surface area contributed by atoms with Crippen LogP contribution in [-0.2, 0) is 16.0 Å². The number of nitrogens with zero attached hydrogens (tertiary/aromatic N) is 2. The third-order valence-corrected chi connectivity index (χ3v) is 4.50. The number of hydrogen-bond donors (Lipinski definition) is 1. The van der Waals surface area contributed by atoms with E-state index in [1.165, 1.54) is 0 Å². The second kappa shape index (κ2) is 13.0. The molecule has 0 radical (unpaired) electrons. The molecule has 1 aromatic rings. The van der Waals surface area contributed by atoms with E-state index in [9.17, 15) is 0 Å². The Balaban J connectivity index is 0.00000364. The van der Waals surface area contributed by atoms with Gasteiger partial charge in [-0.2, -0.15) is 0 Å². The normalized spacial score (nSPS) is 16.8. The fraction of sp³-hybridized carbons (Fsp3) is 0.632. The Morgan fingerprint density at radius 1 is 1.22 bits per heavy atom. The molecule has 1 N–H and O–H groups in total. The first-order valence-corrected chi connectivity index (χ1v) is 8.95. The van der Waals surface area contributed by atoms with Crippen molar-refractivity contribution in [3.8, 4) is 11.5 Å². The van der Waals surface area contributed by atoms with E-state index in [1.807, 2.05) is 25.2 Å². The van der Waals surface area contributed by atoms with Crippen LogP contribution in [0.25, 0.3) is 0 Å². The van der Waals surface area contributed by atoms with Crippen LogP contribution in [0.15, 0.2) is 23.2 Å². The maximum absolute atomic E-state index is 5.66. The van der Waals surface area contributed by atoms with Gasteiger partial charge in [0, 0.05) is 45.3 Å². The molecule has 0 aromatic heterocycles. The minimum atomic E-state index is 0. The predicted molar refractivity (Wildman–Crippen MR) is 118 cm³/mol. The number of methoxy groups -OCH3 is 3. The molecule has 0 spiro atoms. The van der Waals surface area contributed by atoms with Gasteiger partial charge in [-0.25, -0.2) is 0 Å². The van der Waals surface area contributed by atoms with Crippen molar-refractivity contribution in [3.05, 3.63) is 23.8 Å². The summed E-state index contributed by atoms with van der Waals surface area (Å²) in [5.74, 6) is 2.91. The summed E-state index contributed by atoms with van der Waals surface area (Å²) in [5.41, 5.74) is 1.03. The van der Waals surface area contributed by atoms with Crippen molar-refractivity contribution in [2.75, 3.05) is 61.3 Å². The van der Waals surface area contributed by atoms with Gasteiger partial charge >= 0.3 is 0 Å². The number of rotatable bonds is 9. The highest BCUT2D eigenvalue weighted by Crippen LogP contribution is 2.30. The van der Waals surface area contributed by atoms with Crippen LogP contribution in [0, 0.1) is 5.92 Å². The van der Waals surface area contributed by atoms with Crippen molar-refractivity contribution in [1.29, 1.82) is 0 Å². The second-order valence-corrected chi connectivity index (χ2v) is 6.22. The Morgan fingerprint density at radius 3 is 2.70 bits per heavy atom. The number of likely N-dealkylation sites (tertiary alicyclic amines) is 1. The summed E-state index contributed by atoms with van der Waals surface area (Å²) < 4.78 is 21.5. The molecular formula is C19H32IN3O4. The summed E-state index contributed by atoms with van der Waals surface area (Å²) in [7, 11) is 6.80. The van der Waals surface area contributed by atoms with Gasteiger partial charge < -0.3 is 29.2 Å². The van der Waals surface area contributed by atoms with Crippen LogP contribution < -0.4 is 14.8 Å². The Morgan fingerprint density at radius 2 is 2.04 bits per heavy atom. The number of guanidine groups is 1. The molecule has 154 valence electrons. The second-order valence-electron chi connectivity index (χ2n) is 6.22. The Hall–Kier alpha value is -1.26. The third kappa shape index (κ3) is 7.00. The van der Waals surface area contributed by atoms with Crippen LogP contribution in [0.2, 0.25) is 0 Å². The number of ether oxygens (including phenoxy) is 4. The lowest BCUT2D eigenvalue weighted by molar-refractivity contribution is 0.0536. The quantitative estimate of drug-likeness (QED) is 0.247. The van der Waals surface area contributed by atoms with E-state index in [0.717, 1.165) is 49.1 Å². The van der Waals surface area contributed by atoms with Crippen molar-refractivity contribution >= 4 is 29.9 Å². The van der Waals surface area contributed by atoms with Crippen molar-refractivity contribution in [1.82, 2.24) is 10.2 Å². The SMILES string of the molecule is CN=C(NCc1cccc(OC)c1OC)N1CCC(COCCOC)C1.I. The Bertz CT molecular complexity index is 586. The van der Waals surface area contributed by atoms with Gasteiger partial charge in [-0.15, -0.1) is 24.0 Å². The van der Waals surface area contributed by atoms with E-state index in [1.54, 1.807) is 21.3 Å². The van der Waals surface area contributed by atoms with E-state index in [2.05, 4.69) is 15.2 Å². The Kier molecular flexibility index (Phi) is 11.5. The van der Waals surface area contributed by atoms with Crippen LogP contribution in [0.5, 0.6) is 11.5 Å². The number of nitrogens with one attached hydrogen (secondary N) is 1. The monoisotopic (exact) mass is 493 g/mol. The van der Waals surface area contributed by atoms with Crippen molar-refractivity contribution in [2.45, 2.75) is 13.0 Å². The largest absolute Gasteiger partial charge is 0.493 e. The molecule has 1 aliphatic rings. The van der Waals surface area contributed by atoms with Gasteiger partial charge in [0.1, 0.15) is 0 Å². The molecule has 7 nitrogen and oxygen atoms in total. The number of para-hydroxylation sites is 1. The maximum atomic E-state index is 5.66. The van der Waals surface area contributed by atoms with E-state index in [4.69, 9.17) is 18.9 Å². The van der Waals surface area contributed by atoms with Crippen LogP contribution in [0.3, 0.4) is 0 Å². The van der Waals surface area contributed by atoms with Gasteiger partial charge in [0.15, 0.2) is 17.5 Å². The van der Waals surface area contributed by atoms with E-state index >= 15 is 0 Å². The predicted octanol–water partition coefficient (Wildman–Crippen LogP) is 2.38. The fourth-order valence-electron chi connectivity index (χ4n) is 3.15. The lowest BCUT2D eigenvalue weighted by Crippen LogP contribution is -2.40. The summed E-state index contributed by atoms with van der Waals surface area (Å²) in [6, 6.07) is 5.88. The van der Waals surface area contributed by atoms with E-state index < -0.39 is 0 Å². The van der Waals surface area contributed by atoms with Gasteiger partial charge in [-0.05, 0) is 12.5 Å². The van der Waals surface area contributed by atoms with Gasteiger partial charge in [0.25, 0.3) is 0 Å². The number of halogens is 1. The fourth-order valence-corrected chi connectivity index (χ4v) is 3.15. The summed E-state index contributed by atoms with van der Waals surface area (Å²) in [6.45, 7) is 4.60. The molecule has 1 aliphatic heterocycles. The highest BCUT2D eigenvalue weighted by atomic mass is 127. The molecule has 2 rings (SSSR count). The van der Waals surface area contributed by atoms with E-state index in [-0.39, 0.29) is 24.0 Å². The van der Waals surface area contributed by atoms with Crippen molar-refractivity contribution < 1.29 is 18.9 Å². The highest BCUT2D eigenvalue weighted by molar-refractivity contribution is 14.0. The zero-order chi connectivity index (χ0) is 18.8. The molecule has 1 fully saturated rings. The molecule has 1 aromatic carbocycles. The van der Waals surface area contributed by atoms with Crippen LogP contribution in [0.4, 0.5) is 0 Å². The summed E-state index contributed by atoms with van der Waals surface area (Å²) in [5, 5.41) is 3.43. The molecule has 0 saturated carbocycles. The minimum Gasteiger partial charge on any atom is -0.493 e. The molecule has 1 unspecified atom stereocenters. The van der Waals surface area contributed by atoms with Gasteiger partial charge in [0.2, 0.25) is 0 Å². The first-order chi connectivity index (χ1) is 12.7. The zero-order valence-electron chi connectivity index (χ0n) is 16.7. The maximum Gasteiger partial charge on any atom is 0.193 e. The lowest BCUT2D eigenvalue weighted by atomic mass is 10.1. The number of benzene rings is 1. The first kappa shape index (κ1) is 23.8. The summed E-state index contributed by atoms with van der Waals surface area (Å²) in [4.78, 5) is 6.70. The molecule has 1 saturated heterocycles. The van der Waals surface area contributed by atoms with Gasteiger partial charge in [-0.1, -0.05) is 12.1 Å². The molecule has 1 atom stereocenters. The van der Waals surface area contributed by atoms with Crippen LogP contribution >= 0.6 is 24.0 Å². The van der Waals surface area contributed by atoms with Gasteiger partial charge in [0.05, 0.1) is 34.0 Å². The molecule has 1 heterocycles. The molecule has 0 aliphatic carbocycles. The average Bonchev–Trinajstić information content (AvgIpc) is 3.14. The first-order valence-electron chi connectivity index (χ1n) is 8.95. The molecule has 27 heavy (non-hydrogen) atoms.